The molecule has 1 aliphatic rings. The summed E-state index contributed by atoms with van der Waals surface area (Å²) in [5.74, 6) is -0.451. The number of aryl methyl sites for hydroxylation is 1. The van der Waals surface area contributed by atoms with Crippen molar-refractivity contribution in [2.45, 2.75) is 31.0 Å². The minimum Gasteiger partial charge on any atom is -0.465 e. The summed E-state index contributed by atoms with van der Waals surface area (Å²) in [5, 5.41) is 9.85. The van der Waals surface area contributed by atoms with Gasteiger partial charge < -0.3 is 14.7 Å². The number of rotatable bonds is 6. The van der Waals surface area contributed by atoms with Gasteiger partial charge in [-0.1, -0.05) is 60.2 Å². The van der Waals surface area contributed by atoms with Crippen molar-refractivity contribution in [2.75, 3.05) is 25.1 Å². The molecule has 178 valence electrons. The van der Waals surface area contributed by atoms with Gasteiger partial charge in [0.15, 0.2) is 6.10 Å². The second kappa shape index (κ2) is 9.14. The van der Waals surface area contributed by atoms with Crippen molar-refractivity contribution in [3.05, 3.63) is 101 Å². The summed E-state index contributed by atoms with van der Waals surface area (Å²) in [4.78, 5) is 13.7. The van der Waals surface area contributed by atoms with Crippen LogP contribution in [0.1, 0.15) is 32.6 Å². The Hall–Kier alpha value is -3.32. The number of ether oxygens (including phenoxy) is 1. The van der Waals surface area contributed by atoms with E-state index in [4.69, 9.17) is 4.74 Å². The van der Waals surface area contributed by atoms with Crippen LogP contribution < -0.4 is 4.90 Å². The van der Waals surface area contributed by atoms with Crippen LogP contribution in [0.2, 0.25) is 0 Å². The third kappa shape index (κ3) is 4.53. The normalized spacial score (nSPS) is 18.5. The number of benzene rings is 3. The Bertz CT molecular complexity index is 1190. The van der Waals surface area contributed by atoms with E-state index in [1.54, 1.807) is 35.2 Å². The smallest absolute Gasteiger partial charge is 0.416 e. The first-order valence-corrected chi connectivity index (χ1v) is 11.0. The van der Waals surface area contributed by atoms with Gasteiger partial charge >= 0.3 is 12.1 Å². The molecule has 0 spiro atoms. The van der Waals surface area contributed by atoms with E-state index < -0.39 is 30.2 Å². The third-order valence-corrected chi connectivity index (χ3v) is 6.42. The van der Waals surface area contributed by atoms with Crippen LogP contribution in [0.4, 0.5) is 18.9 Å². The van der Waals surface area contributed by atoms with Crippen LogP contribution in [0.15, 0.2) is 72.8 Å². The van der Waals surface area contributed by atoms with E-state index in [0.29, 0.717) is 17.7 Å². The average Bonchev–Trinajstić information content (AvgIpc) is 3.12. The molecule has 2 atom stereocenters. The van der Waals surface area contributed by atoms with Crippen LogP contribution in [-0.4, -0.2) is 43.6 Å². The molecule has 0 saturated carbocycles. The Balaban J connectivity index is 1.83. The first-order valence-electron chi connectivity index (χ1n) is 11.0. The van der Waals surface area contributed by atoms with Gasteiger partial charge in [-0.15, -0.1) is 0 Å². The highest BCUT2D eigenvalue weighted by atomic mass is 19.4. The van der Waals surface area contributed by atoms with Gasteiger partial charge in [0.1, 0.15) is 0 Å². The molecule has 1 aliphatic heterocycles. The first kappa shape index (κ1) is 23.8. The highest BCUT2D eigenvalue weighted by Gasteiger charge is 2.47. The highest BCUT2D eigenvalue weighted by Crippen LogP contribution is 2.47. The third-order valence-electron chi connectivity index (χ3n) is 6.42. The summed E-state index contributed by atoms with van der Waals surface area (Å²) < 4.78 is 44.5. The summed E-state index contributed by atoms with van der Waals surface area (Å²) in [7, 11) is 1.32. The molecular weight excluding hydrogens is 443 g/mol. The van der Waals surface area contributed by atoms with Gasteiger partial charge in [0.2, 0.25) is 0 Å². The zero-order chi connectivity index (χ0) is 24.5. The lowest BCUT2D eigenvalue weighted by molar-refractivity contribution is -0.200. The van der Waals surface area contributed by atoms with Gasteiger partial charge in [-0.3, -0.25) is 0 Å². The molecule has 0 amide bonds. The van der Waals surface area contributed by atoms with Gasteiger partial charge in [-0.25, -0.2) is 4.79 Å². The molecule has 0 aromatic heterocycles. The molecule has 1 heterocycles. The van der Waals surface area contributed by atoms with Gasteiger partial charge in [-0.2, -0.15) is 13.2 Å². The monoisotopic (exact) mass is 469 g/mol. The van der Waals surface area contributed by atoms with Crippen molar-refractivity contribution in [1.82, 2.24) is 0 Å². The number of aliphatic hydroxyl groups is 1. The number of hydrogen-bond donors (Lipinski definition) is 1. The second-order valence-corrected chi connectivity index (χ2v) is 8.78. The van der Waals surface area contributed by atoms with Crippen LogP contribution in [0.5, 0.6) is 0 Å². The molecule has 34 heavy (non-hydrogen) atoms. The lowest BCUT2D eigenvalue weighted by Crippen LogP contribution is -2.44. The molecule has 0 saturated heterocycles. The maximum absolute atomic E-state index is 13.2. The fraction of sp³-hybridized carbons (Fsp3) is 0.296. The van der Waals surface area contributed by atoms with E-state index in [1.165, 1.54) is 7.11 Å². The Morgan fingerprint density at radius 1 is 1.09 bits per heavy atom. The van der Waals surface area contributed by atoms with Crippen LogP contribution in [0.3, 0.4) is 0 Å². The molecule has 3 aromatic rings. The molecule has 4 rings (SSSR count). The number of aliphatic hydroxyl groups excluding tert-OH is 1. The summed E-state index contributed by atoms with van der Waals surface area (Å²) in [5.41, 5.74) is 4.14. The van der Waals surface area contributed by atoms with Crippen molar-refractivity contribution < 1.29 is 27.8 Å². The Morgan fingerprint density at radius 2 is 1.82 bits per heavy atom. The maximum Gasteiger partial charge on any atom is 0.416 e. The quantitative estimate of drug-likeness (QED) is 0.513. The molecule has 1 N–H and O–H groups in total. The number of nitrogens with zero attached hydrogens (tertiary/aromatic N) is 1. The van der Waals surface area contributed by atoms with Crippen molar-refractivity contribution >= 4 is 11.7 Å². The van der Waals surface area contributed by atoms with E-state index in [1.807, 2.05) is 49.4 Å². The lowest BCUT2D eigenvalue weighted by atomic mass is 9.71. The number of β-amino-alcohol motifs (C(OH)–C–C–N with tert-alkyl or cyclic N) is 1. The summed E-state index contributed by atoms with van der Waals surface area (Å²) in [6.45, 7) is 1.67. The number of alkyl halides is 3. The molecular formula is C27H26F3NO3. The van der Waals surface area contributed by atoms with E-state index in [9.17, 15) is 23.1 Å². The van der Waals surface area contributed by atoms with Gasteiger partial charge in [0, 0.05) is 17.6 Å². The summed E-state index contributed by atoms with van der Waals surface area (Å²) in [6, 6.07) is 22.4. The number of para-hydroxylation sites is 1. The summed E-state index contributed by atoms with van der Waals surface area (Å²) in [6.07, 6.45) is -6.72. The SMILES string of the molecule is COC(=O)c1cccc(CC2(c3cccc(C)c3)CN(C[C@@H](O)C(F)(F)F)c3ccccc32)c1. The number of anilines is 1. The number of esters is 1. The predicted octanol–water partition coefficient (Wildman–Crippen LogP) is 5.05. The molecule has 0 radical (unpaired) electrons. The fourth-order valence-electron chi connectivity index (χ4n) is 4.84. The predicted molar refractivity (Wildman–Crippen MR) is 124 cm³/mol. The minimum atomic E-state index is -4.71. The van der Waals surface area contributed by atoms with Crippen molar-refractivity contribution in [3.8, 4) is 0 Å². The number of carbonyl (C=O) groups is 1. The Morgan fingerprint density at radius 3 is 2.53 bits per heavy atom. The van der Waals surface area contributed by atoms with Crippen molar-refractivity contribution in [3.63, 3.8) is 0 Å². The standard InChI is InChI=1S/C27H26F3NO3/c1-18-7-5-10-21(13-18)26(15-19-8-6-9-20(14-19)25(33)34-2)17-31(16-24(32)27(28,29)30)23-12-4-3-11-22(23)26/h3-14,24,32H,15-17H2,1-2H3/t24-,26?/m1/s1. The Kier molecular flexibility index (Phi) is 6.41. The highest BCUT2D eigenvalue weighted by molar-refractivity contribution is 5.89. The number of carbonyl (C=O) groups excluding carboxylic acids is 1. The van der Waals surface area contributed by atoms with Crippen molar-refractivity contribution in [1.29, 1.82) is 0 Å². The molecule has 3 aromatic carbocycles. The minimum absolute atomic E-state index is 0.255. The van der Waals surface area contributed by atoms with E-state index in [2.05, 4.69) is 0 Å². The zero-order valence-corrected chi connectivity index (χ0v) is 19.0. The number of fused-ring (bicyclic) bond motifs is 1. The zero-order valence-electron chi connectivity index (χ0n) is 19.0. The first-order chi connectivity index (χ1) is 16.1. The molecule has 0 fully saturated rings. The average molecular weight is 470 g/mol. The van der Waals surface area contributed by atoms with Crippen molar-refractivity contribution in [2.24, 2.45) is 0 Å². The van der Waals surface area contributed by atoms with Gasteiger partial charge in [-0.05, 0) is 48.2 Å². The molecule has 7 heteroatoms. The molecule has 0 bridgehead atoms. The van der Waals surface area contributed by atoms with E-state index in [0.717, 1.165) is 22.3 Å². The molecule has 4 nitrogen and oxygen atoms in total. The number of methoxy groups -OCH3 is 1. The second-order valence-electron chi connectivity index (χ2n) is 8.78. The van der Waals surface area contributed by atoms with Gasteiger partial charge in [0.25, 0.3) is 0 Å². The molecule has 0 aliphatic carbocycles. The Labute approximate surface area is 196 Å². The summed E-state index contributed by atoms with van der Waals surface area (Å²) >= 11 is 0. The molecule has 1 unspecified atom stereocenters. The number of hydrogen-bond acceptors (Lipinski definition) is 4. The van der Waals surface area contributed by atoms with Crippen LogP contribution in [0, 0.1) is 6.92 Å². The van der Waals surface area contributed by atoms with E-state index >= 15 is 0 Å². The maximum atomic E-state index is 13.2. The van der Waals surface area contributed by atoms with Crippen LogP contribution in [-0.2, 0) is 16.6 Å². The van der Waals surface area contributed by atoms with Crippen LogP contribution in [0.25, 0.3) is 0 Å². The largest absolute Gasteiger partial charge is 0.465 e. The van der Waals surface area contributed by atoms with E-state index in [-0.39, 0.29) is 6.54 Å². The number of halogens is 3. The van der Waals surface area contributed by atoms with Crippen LogP contribution >= 0.6 is 0 Å². The fourth-order valence-corrected chi connectivity index (χ4v) is 4.84. The lowest BCUT2D eigenvalue weighted by Gasteiger charge is -2.33. The topological polar surface area (TPSA) is 49.8 Å². The van der Waals surface area contributed by atoms with Gasteiger partial charge in [0.05, 0.1) is 19.2 Å².